The topological polar surface area (TPSA) is 61.4 Å². The molecule has 3 rings (SSSR count). The Labute approximate surface area is 146 Å². The third-order valence-corrected chi connectivity index (χ3v) is 5.41. The van der Waals surface area contributed by atoms with E-state index in [0.717, 1.165) is 55.6 Å². The van der Waals surface area contributed by atoms with Gasteiger partial charge in [-0.3, -0.25) is 4.79 Å². The van der Waals surface area contributed by atoms with Crippen LogP contribution in [0.4, 0.5) is 11.8 Å². The molecule has 130 valence electrons. The number of nitrogens with zero attached hydrogens (tertiary/aromatic N) is 4. The summed E-state index contributed by atoms with van der Waals surface area (Å²) >= 11 is 1.74. The fourth-order valence-electron chi connectivity index (χ4n) is 3.13. The maximum Gasteiger partial charge on any atom is 0.228 e. The minimum atomic E-state index is 0.313. The molecule has 0 radical (unpaired) electrons. The molecular formula is C17H25N5OS. The molecular weight excluding hydrogens is 322 g/mol. The fraction of sp³-hybridized carbons (Fsp3) is 0.588. The Kier molecular flexibility index (Phi) is 4.89. The minimum Gasteiger partial charge on any atom is -0.367 e. The number of aromatic nitrogens is 2. The second-order valence-electron chi connectivity index (χ2n) is 6.47. The Morgan fingerprint density at radius 1 is 1.25 bits per heavy atom. The lowest BCUT2D eigenvalue weighted by Gasteiger charge is -2.32. The number of anilines is 2. The number of carbonyl (C=O) groups excluding carboxylic acids is 1. The van der Waals surface area contributed by atoms with Gasteiger partial charge in [-0.25, -0.2) is 4.98 Å². The largest absolute Gasteiger partial charge is 0.367 e. The van der Waals surface area contributed by atoms with Gasteiger partial charge in [0.15, 0.2) is 0 Å². The third-order valence-electron chi connectivity index (χ3n) is 4.37. The molecule has 3 heterocycles. The molecule has 0 spiro atoms. The van der Waals surface area contributed by atoms with Crippen molar-refractivity contribution < 1.29 is 4.79 Å². The highest BCUT2D eigenvalue weighted by Gasteiger charge is 2.22. The van der Waals surface area contributed by atoms with E-state index >= 15 is 0 Å². The van der Waals surface area contributed by atoms with E-state index in [1.165, 1.54) is 15.8 Å². The first kappa shape index (κ1) is 17.0. The Hall–Kier alpha value is -1.89. The van der Waals surface area contributed by atoms with E-state index in [1.54, 1.807) is 16.2 Å². The lowest BCUT2D eigenvalue weighted by Crippen LogP contribution is -2.46. The zero-order valence-corrected chi connectivity index (χ0v) is 15.6. The molecule has 1 fully saturated rings. The van der Waals surface area contributed by atoms with Crippen molar-refractivity contribution in [2.24, 2.45) is 0 Å². The van der Waals surface area contributed by atoms with Crippen LogP contribution in [0.25, 0.3) is 10.2 Å². The quantitative estimate of drug-likeness (QED) is 0.843. The van der Waals surface area contributed by atoms with E-state index in [-0.39, 0.29) is 0 Å². The van der Waals surface area contributed by atoms with Gasteiger partial charge in [-0.2, -0.15) is 4.98 Å². The summed E-state index contributed by atoms with van der Waals surface area (Å²) in [4.78, 5) is 26.9. The molecule has 0 unspecified atom stereocenters. The van der Waals surface area contributed by atoms with E-state index in [0.29, 0.717) is 6.04 Å². The molecule has 1 N–H and O–H groups in total. The van der Waals surface area contributed by atoms with E-state index in [4.69, 9.17) is 9.97 Å². The molecule has 0 bridgehead atoms. The molecule has 2 aromatic rings. The summed E-state index contributed by atoms with van der Waals surface area (Å²) in [5.41, 5.74) is 1.34. The van der Waals surface area contributed by atoms with Crippen LogP contribution >= 0.6 is 11.3 Å². The number of piperazine rings is 1. The normalized spacial score (nSPS) is 15.4. The van der Waals surface area contributed by atoms with E-state index in [1.807, 2.05) is 0 Å². The first-order valence-corrected chi connectivity index (χ1v) is 9.36. The van der Waals surface area contributed by atoms with Crippen LogP contribution in [0.5, 0.6) is 0 Å². The number of fused-ring (bicyclic) bond motifs is 1. The van der Waals surface area contributed by atoms with E-state index < -0.39 is 0 Å². The number of carbonyl (C=O) groups is 1. The highest BCUT2D eigenvalue weighted by molar-refractivity contribution is 7.18. The molecule has 1 saturated heterocycles. The molecule has 0 aromatic carbocycles. The Balaban J connectivity index is 2.02. The lowest BCUT2D eigenvalue weighted by molar-refractivity contribution is -0.118. The van der Waals surface area contributed by atoms with Crippen LogP contribution in [0.15, 0.2) is 0 Å². The number of hydrogen-bond acceptors (Lipinski definition) is 6. The Morgan fingerprint density at radius 2 is 1.96 bits per heavy atom. The van der Waals surface area contributed by atoms with Gasteiger partial charge in [0.2, 0.25) is 12.4 Å². The van der Waals surface area contributed by atoms with Crippen molar-refractivity contribution in [1.82, 2.24) is 14.9 Å². The maximum atomic E-state index is 10.9. The summed E-state index contributed by atoms with van der Waals surface area (Å²) in [7, 11) is 0. The van der Waals surface area contributed by atoms with E-state index in [9.17, 15) is 4.79 Å². The molecule has 0 aliphatic carbocycles. The minimum absolute atomic E-state index is 0.313. The second-order valence-corrected chi connectivity index (χ2v) is 7.67. The summed E-state index contributed by atoms with van der Waals surface area (Å²) in [6, 6.07) is 0.313. The molecule has 1 amide bonds. The monoisotopic (exact) mass is 347 g/mol. The number of hydrogen-bond donors (Lipinski definition) is 1. The van der Waals surface area contributed by atoms with Gasteiger partial charge in [-0.15, -0.1) is 11.3 Å². The van der Waals surface area contributed by atoms with Crippen LogP contribution in [-0.2, 0) is 11.2 Å². The average Bonchev–Trinajstić information content (AvgIpc) is 2.89. The zero-order valence-electron chi connectivity index (χ0n) is 14.8. The first-order valence-electron chi connectivity index (χ1n) is 8.54. The molecule has 0 saturated carbocycles. The fourth-order valence-corrected chi connectivity index (χ4v) is 4.24. The molecule has 1 aliphatic rings. The van der Waals surface area contributed by atoms with Gasteiger partial charge >= 0.3 is 0 Å². The van der Waals surface area contributed by atoms with Crippen LogP contribution in [0.1, 0.15) is 31.2 Å². The van der Waals surface area contributed by atoms with Crippen LogP contribution in [0.2, 0.25) is 0 Å². The van der Waals surface area contributed by atoms with Gasteiger partial charge in [-0.05, 0) is 32.8 Å². The van der Waals surface area contributed by atoms with Crippen molar-refractivity contribution in [3.8, 4) is 0 Å². The summed E-state index contributed by atoms with van der Waals surface area (Å²) in [5.74, 6) is 1.70. The van der Waals surface area contributed by atoms with Crippen molar-refractivity contribution in [3.05, 3.63) is 10.4 Å². The van der Waals surface area contributed by atoms with Crippen molar-refractivity contribution in [2.75, 3.05) is 36.4 Å². The standard InChI is InChI=1S/C17H25N5OS/c1-5-13-12(4)24-16-14(13)15(18-11(2)3)19-17(20-16)22-8-6-21(10-23)7-9-22/h10-11H,5-9H2,1-4H3,(H,18,19,20). The SMILES string of the molecule is CCc1c(C)sc2nc(N3CCN(C=O)CC3)nc(NC(C)C)c12. The van der Waals surface area contributed by atoms with Crippen molar-refractivity contribution in [3.63, 3.8) is 0 Å². The van der Waals surface area contributed by atoms with Gasteiger partial charge in [-0.1, -0.05) is 6.92 Å². The second kappa shape index (κ2) is 6.93. The number of nitrogens with one attached hydrogen (secondary N) is 1. The predicted octanol–water partition coefficient (Wildman–Crippen LogP) is 2.66. The summed E-state index contributed by atoms with van der Waals surface area (Å²) in [6.45, 7) is 11.6. The van der Waals surface area contributed by atoms with Gasteiger partial charge in [0, 0.05) is 37.1 Å². The van der Waals surface area contributed by atoms with Gasteiger partial charge in [0.05, 0.1) is 5.39 Å². The van der Waals surface area contributed by atoms with Crippen LogP contribution in [-0.4, -0.2) is 53.5 Å². The van der Waals surface area contributed by atoms with Crippen molar-refractivity contribution in [1.29, 1.82) is 0 Å². The number of aryl methyl sites for hydroxylation is 2. The highest BCUT2D eigenvalue weighted by atomic mass is 32.1. The summed E-state index contributed by atoms with van der Waals surface area (Å²) in [5, 5.41) is 4.67. The van der Waals surface area contributed by atoms with Gasteiger partial charge in [0.25, 0.3) is 0 Å². The third kappa shape index (κ3) is 3.17. The van der Waals surface area contributed by atoms with Gasteiger partial charge in [0.1, 0.15) is 10.6 Å². The highest BCUT2D eigenvalue weighted by Crippen LogP contribution is 2.36. The Morgan fingerprint density at radius 3 is 2.54 bits per heavy atom. The first-order chi connectivity index (χ1) is 11.5. The van der Waals surface area contributed by atoms with Crippen LogP contribution in [0.3, 0.4) is 0 Å². The van der Waals surface area contributed by atoms with Crippen molar-refractivity contribution in [2.45, 2.75) is 40.2 Å². The van der Waals surface area contributed by atoms with Gasteiger partial charge < -0.3 is 15.1 Å². The predicted molar refractivity (Wildman–Crippen MR) is 100 cm³/mol. The van der Waals surface area contributed by atoms with Crippen molar-refractivity contribution >= 4 is 39.7 Å². The molecule has 1 aliphatic heterocycles. The van der Waals surface area contributed by atoms with Crippen LogP contribution < -0.4 is 10.2 Å². The van der Waals surface area contributed by atoms with Crippen LogP contribution in [0, 0.1) is 6.92 Å². The molecule has 24 heavy (non-hydrogen) atoms. The summed E-state index contributed by atoms with van der Waals surface area (Å²) in [6.07, 6.45) is 1.91. The lowest BCUT2D eigenvalue weighted by atomic mass is 10.1. The number of rotatable bonds is 5. The average molecular weight is 347 g/mol. The molecule has 0 atom stereocenters. The smallest absolute Gasteiger partial charge is 0.228 e. The zero-order chi connectivity index (χ0) is 17.3. The number of thiophene rings is 1. The van der Waals surface area contributed by atoms with E-state index in [2.05, 4.69) is 37.9 Å². The number of amides is 1. The summed E-state index contributed by atoms with van der Waals surface area (Å²) < 4.78 is 0. The molecule has 7 heteroatoms. The Bertz CT molecular complexity index is 734. The maximum absolute atomic E-state index is 10.9. The molecule has 2 aromatic heterocycles. The molecule has 6 nitrogen and oxygen atoms in total.